The number of nitrogens with zero attached hydrogens (tertiary/aromatic N) is 3. The van der Waals surface area contributed by atoms with E-state index in [2.05, 4.69) is 14.9 Å². The Balaban J connectivity index is 1.64. The lowest BCUT2D eigenvalue weighted by Crippen LogP contribution is -2.37. The zero-order chi connectivity index (χ0) is 15.3. The topological polar surface area (TPSA) is 29.0 Å². The zero-order valence-electron chi connectivity index (χ0n) is 12.4. The summed E-state index contributed by atoms with van der Waals surface area (Å²) in [4.78, 5) is 11.3. The third-order valence-corrected chi connectivity index (χ3v) is 4.80. The van der Waals surface area contributed by atoms with Gasteiger partial charge in [0, 0.05) is 36.8 Å². The van der Waals surface area contributed by atoms with Crippen LogP contribution >= 0.6 is 0 Å². The SMILES string of the molecule is Cc1ncc2c(n1)C[C@@H]1CC[C@H]2N1Cc1ccc(F)c(F)c1. The predicted molar refractivity (Wildman–Crippen MR) is 78.1 cm³/mol. The van der Waals surface area contributed by atoms with Gasteiger partial charge in [0.2, 0.25) is 0 Å². The van der Waals surface area contributed by atoms with E-state index in [4.69, 9.17) is 0 Å². The van der Waals surface area contributed by atoms with Crippen molar-refractivity contribution in [3.63, 3.8) is 0 Å². The van der Waals surface area contributed by atoms with E-state index in [0.29, 0.717) is 18.6 Å². The van der Waals surface area contributed by atoms with Gasteiger partial charge >= 0.3 is 0 Å². The third kappa shape index (κ3) is 2.20. The van der Waals surface area contributed by atoms with Crippen molar-refractivity contribution in [1.29, 1.82) is 0 Å². The van der Waals surface area contributed by atoms with Crippen LogP contribution in [0.25, 0.3) is 0 Å². The fourth-order valence-corrected chi connectivity index (χ4v) is 3.77. The number of aryl methyl sites for hydroxylation is 1. The molecular formula is C17H17F2N3. The van der Waals surface area contributed by atoms with Gasteiger partial charge in [-0.25, -0.2) is 18.7 Å². The maximum absolute atomic E-state index is 13.4. The summed E-state index contributed by atoms with van der Waals surface area (Å²) < 4.78 is 26.5. The van der Waals surface area contributed by atoms with Crippen molar-refractivity contribution < 1.29 is 8.78 Å². The van der Waals surface area contributed by atoms with Crippen LogP contribution in [0.3, 0.4) is 0 Å². The number of hydrogen-bond acceptors (Lipinski definition) is 3. The average molecular weight is 301 g/mol. The van der Waals surface area contributed by atoms with Crippen molar-refractivity contribution in [1.82, 2.24) is 14.9 Å². The normalized spacial score (nSPS) is 23.6. The number of halogens is 2. The van der Waals surface area contributed by atoms with Crippen LogP contribution in [-0.2, 0) is 13.0 Å². The largest absolute Gasteiger partial charge is 0.289 e. The predicted octanol–water partition coefficient (Wildman–Crippen LogP) is 3.33. The van der Waals surface area contributed by atoms with Crippen LogP contribution in [0.4, 0.5) is 8.78 Å². The highest BCUT2D eigenvalue weighted by Crippen LogP contribution is 2.43. The Bertz CT molecular complexity index is 732. The van der Waals surface area contributed by atoms with Gasteiger partial charge in [-0.15, -0.1) is 0 Å². The molecule has 22 heavy (non-hydrogen) atoms. The molecule has 1 fully saturated rings. The Labute approximate surface area is 128 Å². The molecule has 3 heterocycles. The number of aromatic nitrogens is 2. The van der Waals surface area contributed by atoms with E-state index in [1.807, 2.05) is 13.1 Å². The van der Waals surface area contributed by atoms with Gasteiger partial charge in [0.1, 0.15) is 5.82 Å². The number of benzene rings is 1. The molecule has 5 heteroatoms. The molecule has 2 aromatic rings. The molecule has 1 saturated heterocycles. The minimum atomic E-state index is -0.792. The molecule has 2 bridgehead atoms. The van der Waals surface area contributed by atoms with Gasteiger partial charge in [0.25, 0.3) is 0 Å². The van der Waals surface area contributed by atoms with Gasteiger partial charge in [-0.05, 0) is 37.5 Å². The van der Waals surface area contributed by atoms with Crippen LogP contribution < -0.4 is 0 Å². The van der Waals surface area contributed by atoms with E-state index in [9.17, 15) is 8.78 Å². The fourth-order valence-electron chi connectivity index (χ4n) is 3.77. The maximum atomic E-state index is 13.4. The lowest BCUT2D eigenvalue weighted by Gasteiger charge is -2.35. The first-order valence-corrected chi connectivity index (χ1v) is 7.64. The number of rotatable bonds is 2. The second kappa shape index (κ2) is 5.09. The quantitative estimate of drug-likeness (QED) is 0.852. The third-order valence-electron chi connectivity index (χ3n) is 4.80. The van der Waals surface area contributed by atoms with Gasteiger partial charge in [0.05, 0.1) is 5.69 Å². The molecule has 114 valence electrons. The van der Waals surface area contributed by atoms with E-state index in [1.165, 1.54) is 17.7 Å². The van der Waals surface area contributed by atoms with Crippen LogP contribution in [0.1, 0.15) is 41.5 Å². The standard InChI is InChI=1S/C17H17F2N3/c1-10-20-8-13-16(21-10)7-12-3-5-17(13)22(12)9-11-2-4-14(18)15(19)6-11/h2,4,6,8,12,17H,3,5,7,9H2,1H3/t12-,17+/m0/s1. The van der Waals surface area contributed by atoms with E-state index < -0.39 is 11.6 Å². The van der Waals surface area contributed by atoms with E-state index in [0.717, 1.165) is 36.3 Å². The maximum Gasteiger partial charge on any atom is 0.159 e. The molecular weight excluding hydrogens is 284 g/mol. The summed E-state index contributed by atoms with van der Waals surface area (Å²) in [6.45, 7) is 2.55. The number of hydrogen-bond donors (Lipinski definition) is 0. The Morgan fingerprint density at radius 1 is 1.23 bits per heavy atom. The van der Waals surface area contributed by atoms with Gasteiger partial charge in [-0.3, -0.25) is 4.90 Å². The van der Waals surface area contributed by atoms with Crippen molar-refractivity contribution in [2.45, 2.75) is 44.8 Å². The average Bonchev–Trinajstić information content (AvgIpc) is 2.76. The van der Waals surface area contributed by atoms with E-state index in [1.54, 1.807) is 6.07 Å². The Morgan fingerprint density at radius 3 is 2.91 bits per heavy atom. The molecule has 1 aromatic carbocycles. The van der Waals surface area contributed by atoms with Gasteiger partial charge in [-0.1, -0.05) is 6.07 Å². The van der Waals surface area contributed by atoms with Gasteiger partial charge < -0.3 is 0 Å². The van der Waals surface area contributed by atoms with Crippen LogP contribution in [-0.4, -0.2) is 20.9 Å². The van der Waals surface area contributed by atoms with Crippen LogP contribution in [0, 0.1) is 18.6 Å². The molecule has 0 saturated carbocycles. The lowest BCUT2D eigenvalue weighted by molar-refractivity contribution is 0.165. The summed E-state index contributed by atoms with van der Waals surface area (Å²) in [5, 5.41) is 0. The van der Waals surface area contributed by atoms with Crippen molar-refractivity contribution in [2.75, 3.05) is 0 Å². The fraction of sp³-hybridized carbons (Fsp3) is 0.412. The lowest BCUT2D eigenvalue weighted by atomic mass is 9.98. The summed E-state index contributed by atoms with van der Waals surface area (Å²) in [6.07, 6.45) is 5.04. The van der Waals surface area contributed by atoms with Crippen molar-refractivity contribution in [2.24, 2.45) is 0 Å². The van der Waals surface area contributed by atoms with E-state index >= 15 is 0 Å². The Kier molecular flexibility index (Phi) is 3.18. The summed E-state index contributed by atoms with van der Waals surface area (Å²) >= 11 is 0. The van der Waals surface area contributed by atoms with E-state index in [-0.39, 0.29) is 0 Å². The highest BCUT2D eigenvalue weighted by molar-refractivity contribution is 5.29. The second-order valence-corrected chi connectivity index (χ2v) is 6.19. The molecule has 0 N–H and O–H groups in total. The summed E-state index contributed by atoms with van der Waals surface area (Å²) in [7, 11) is 0. The molecule has 3 nitrogen and oxygen atoms in total. The highest BCUT2D eigenvalue weighted by Gasteiger charge is 2.40. The minimum absolute atomic E-state index is 0.294. The van der Waals surface area contributed by atoms with Gasteiger partial charge in [-0.2, -0.15) is 0 Å². The molecule has 2 aliphatic rings. The van der Waals surface area contributed by atoms with Crippen LogP contribution in [0.15, 0.2) is 24.4 Å². The monoisotopic (exact) mass is 301 g/mol. The zero-order valence-corrected chi connectivity index (χ0v) is 12.4. The Morgan fingerprint density at radius 2 is 2.09 bits per heavy atom. The smallest absolute Gasteiger partial charge is 0.159 e. The highest BCUT2D eigenvalue weighted by atomic mass is 19.2. The first-order valence-electron chi connectivity index (χ1n) is 7.64. The first kappa shape index (κ1) is 13.8. The second-order valence-electron chi connectivity index (χ2n) is 6.19. The Hall–Kier alpha value is -1.88. The van der Waals surface area contributed by atoms with Crippen LogP contribution in [0.5, 0.6) is 0 Å². The summed E-state index contributed by atoms with van der Waals surface area (Å²) in [5.74, 6) is -0.756. The molecule has 1 aromatic heterocycles. The molecule has 0 amide bonds. The minimum Gasteiger partial charge on any atom is -0.289 e. The van der Waals surface area contributed by atoms with Crippen LogP contribution in [0.2, 0.25) is 0 Å². The van der Waals surface area contributed by atoms with Crippen molar-refractivity contribution >= 4 is 0 Å². The summed E-state index contributed by atoms with van der Waals surface area (Å²) in [6, 6.07) is 4.90. The molecule has 4 rings (SSSR count). The van der Waals surface area contributed by atoms with Crippen molar-refractivity contribution in [3.05, 3.63) is 58.7 Å². The number of fused-ring (bicyclic) bond motifs is 4. The molecule has 2 atom stereocenters. The van der Waals surface area contributed by atoms with Crippen molar-refractivity contribution in [3.8, 4) is 0 Å². The molecule has 0 radical (unpaired) electrons. The molecule has 0 unspecified atom stereocenters. The molecule has 0 aliphatic carbocycles. The molecule has 2 aliphatic heterocycles. The van der Waals surface area contributed by atoms with Gasteiger partial charge in [0.15, 0.2) is 11.6 Å². The summed E-state index contributed by atoms with van der Waals surface area (Å²) in [5.41, 5.74) is 3.16. The first-order chi connectivity index (χ1) is 10.6. The molecule has 0 spiro atoms.